The highest BCUT2D eigenvalue weighted by Gasteiger charge is 2.15. The molecule has 0 saturated heterocycles. The molecule has 1 heterocycles. The molecule has 0 aliphatic rings. The fourth-order valence-electron chi connectivity index (χ4n) is 1.94. The molecule has 0 spiro atoms. The van der Waals surface area contributed by atoms with Gasteiger partial charge >= 0.3 is 0 Å². The molecular formula is C13H16N2O2S2. The Balaban J connectivity index is 2.27. The van der Waals surface area contributed by atoms with E-state index < -0.39 is 0 Å². The van der Waals surface area contributed by atoms with E-state index in [4.69, 9.17) is 4.74 Å². The van der Waals surface area contributed by atoms with E-state index in [1.807, 2.05) is 36.9 Å². The van der Waals surface area contributed by atoms with Crippen LogP contribution in [0.1, 0.15) is 5.56 Å². The van der Waals surface area contributed by atoms with E-state index in [9.17, 15) is 4.79 Å². The molecule has 0 bridgehead atoms. The van der Waals surface area contributed by atoms with Crippen molar-refractivity contribution < 1.29 is 9.53 Å². The average molecular weight is 296 g/mol. The monoisotopic (exact) mass is 296 g/mol. The number of fused-ring (bicyclic) bond motifs is 1. The Bertz CT molecular complexity index is 579. The van der Waals surface area contributed by atoms with Crippen molar-refractivity contribution in [3.63, 3.8) is 0 Å². The SMILES string of the molecule is COc1ccc2[nH]cc(CC(=O)N(SC)SC)c2c1. The van der Waals surface area contributed by atoms with Crippen molar-refractivity contribution in [2.24, 2.45) is 0 Å². The van der Waals surface area contributed by atoms with Crippen LogP contribution < -0.4 is 4.74 Å². The third-order valence-corrected chi connectivity index (χ3v) is 4.82. The number of carbonyl (C=O) groups is 1. The van der Waals surface area contributed by atoms with Crippen molar-refractivity contribution >= 4 is 40.7 Å². The predicted octanol–water partition coefficient (Wildman–Crippen LogP) is 3.10. The van der Waals surface area contributed by atoms with Gasteiger partial charge in [-0.25, -0.2) is 3.71 Å². The van der Waals surface area contributed by atoms with Crippen molar-refractivity contribution in [2.45, 2.75) is 6.42 Å². The van der Waals surface area contributed by atoms with Gasteiger partial charge in [0.2, 0.25) is 5.91 Å². The van der Waals surface area contributed by atoms with Gasteiger partial charge in [-0.1, -0.05) is 0 Å². The molecule has 1 aromatic carbocycles. The molecular weight excluding hydrogens is 280 g/mol. The molecule has 1 amide bonds. The zero-order chi connectivity index (χ0) is 13.8. The maximum Gasteiger partial charge on any atom is 0.247 e. The van der Waals surface area contributed by atoms with Crippen molar-refractivity contribution in [2.75, 3.05) is 19.6 Å². The molecule has 0 aliphatic heterocycles. The molecule has 0 unspecified atom stereocenters. The number of hydrogen-bond acceptors (Lipinski definition) is 4. The number of hydrogen-bond donors (Lipinski definition) is 1. The highest BCUT2D eigenvalue weighted by atomic mass is 32.2. The molecule has 0 radical (unpaired) electrons. The zero-order valence-corrected chi connectivity index (χ0v) is 12.7. The van der Waals surface area contributed by atoms with E-state index in [2.05, 4.69) is 4.98 Å². The van der Waals surface area contributed by atoms with E-state index >= 15 is 0 Å². The summed E-state index contributed by atoms with van der Waals surface area (Å²) in [5.41, 5.74) is 2.01. The van der Waals surface area contributed by atoms with Crippen molar-refractivity contribution in [1.82, 2.24) is 8.69 Å². The summed E-state index contributed by atoms with van der Waals surface area (Å²) in [4.78, 5) is 15.3. The van der Waals surface area contributed by atoms with Crippen LogP contribution in [0.2, 0.25) is 0 Å². The van der Waals surface area contributed by atoms with Crippen LogP contribution in [0.5, 0.6) is 5.75 Å². The third kappa shape index (κ3) is 3.01. The van der Waals surface area contributed by atoms with Crippen LogP contribution in [0, 0.1) is 0 Å². The van der Waals surface area contributed by atoms with E-state index in [0.717, 1.165) is 22.2 Å². The van der Waals surface area contributed by atoms with Gasteiger partial charge in [-0.3, -0.25) is 4.79 Å². The van der Waals surface area contributed by atoms with Gasteiger partial charge in [0.1, 0.15) is 5.75 Å². The first-order valence-electron chi connectivity index (χ1n) is 5.74. The summed E-state index contributed by atoms with van der Waals surface area (Å²) in [5, 5.41) is 1.04. The largest absolute Gasteiger partial charge is 0.497 e. The second kappa shape index (κ2) is 6.25. The molecule has 0 fully saturated rings. The quantitative estimate of drug-likeness (QED) is 0.861. The lowest BCUT2D eigenvalue weighted by Gasteiger charge is -2.14. The lowest BCUT2D eigenvalue weighted by molar-refractivity contribution is -0.122. The van der Waals surface area contributed by atoms with E-state index in [1.165, 1.54) is 23.9 Å². The smallest absolute Gasteiger partial charge is 0.247 e. The fraction of sp³-hybridized carbons (Fsp3) is 0.308. The number of aromatic nitrogens is 1. The van der Waals surface area contributed by atoms with Crippen LogP contribution in [0.3, 0.4) is 0 Å². The first-order chi connectivity index (χ1) is 9.19. The zero-order valence-electron chi connectivity index (χ0n) is 11.1. The Morgan fingerprint density at radius 3 is 2.74 bits per heavy atom. The lowest BCUT2D eigenvalue weighted by Crippen LogP contribution is -2.18. The number of H-pyrrole nitrogens is 1. The predicted molar refractivity (Wildman–Crippen MR) is 82.4 cm³/mol. The van der Waals surface area contributed by atoms with E-state index in [-0.39, 0.29) is 5.91 Å². The Kier molecular flexibility index (Phi) is 4.66. The van der Waals surface area contributed by atoms with E-state index in [1.54, 1.807) is 10.8 Å². The Morgan fingerprint density at radius 2 is 2.11 bits per heavy atom. The summed E-state index contributed by atoms with van der Waals surface area (Å²) < 4.78 is 6.90. The minimum absolute atomic E-state index is 0.0868. The number of amides is 1. The van der Waals surface area contributed by atoms with Crippen molar-refractivity contribution in [3.8, 4) is 5.75 Å². The molecule has 102 valence electrons. The first-order valence-corrected chi connectivity index (χ1v) is 8.11. The topological polar surface area (TPSA) is 45.3 Å². The summed E-state index contributed by atoms with van der Waals surface area (Å²) in [6.45, 7) is 0. The average Bonchev–Trinajstić information content (AvgIpc) is 2.82. The molecule has 1 aromatic heterocycles. The maximum atomic E-state index is 12.1. The number of aromatic amines is 1. The summed E-state index contributed by atoms with van der Waals surface area (Å²) in [5.74, 6) is 0.885. The van der Waals surface area contributed by atoms with Crippen LogP contribution in [0.25, 0.3) is 10.9 Å². The van der Waals surface area contributed by atoms with Gasteiger partial charge in [0.15, 0.2) is 0 Å². The summed E-state index contributed by atoms with van der Waals surface area (Å²) in [6, 6.07) is 5.82. The van der Waals surface area contributed by atoms with Gasteiger partial charge in [0.05, 0.1) is 13.5 Å². The molecule has 1 N–H and O–H groups in total. The lowest BCUT2D eigenvalue weighted by atomic mass is 10.1. The minimum atomic E-state index is 0.0868. The van der Waals surface area contributed by atoms with Crippen molar-refractivity contribution in [1.29, 1.82) is 0 Å². The van der Waals surface area contributed by atoms with Gasteiger partial charge in [0, 0.05) is 29.6 Å². The number of ether oxygens (including phenoxy) is 1. The highest BCUT2D eigenvalue weighted by Crippen LogP contribution is 2.26. The van der Waals surface area contributed by atoms with Gasteiger partial charge in [-0.2, -0.15) is 0 Å². The van der Waals surface area contributed by atoms with E-state index in [0.29, 0.717) is 6.42 Å². The summed E-state index contributed by atoms with van der Waals surface area (Å²) in [6.07, 6.45) is 6.06. The Morgan fingerprint density at radius 1 is 1.37 bits per heavy atom. The second-order valence-electron chi connectivity index (χ2n) is 3.92. The summed E-state index contributed by atoms with van der Waals surface area (Å²) in [7, 11) is 1.64. The van der Waals surface area contributed by atoms with Crippen molar-refractivity contribution in [3.05, 3.63) is 30.0 Å². The number of methoxy groups -OCH3 is 1. The normalized spacial score (nSPS) is 10.7. The molecule has 2 rings (SSSR count). The molecule has 4 nitrogen and oxygen atoms in total. The standard InChI is InChI=1S/C13H16N2O2S2/c1-17-10-4-5-12-11(7-10)9(8-14-12)6-13(16)15(18-2)19-3/h4-5,7-8,14H,6H2,1-3H3. The van der Waals surface area contributed by atoms with Crippen LogP contribution in [-0.2, 0) is 11.2 Å². The maximum absolute atomic E-state index is 12.1. The molecule has 6 heteroatoms. The Labute approximate surface area is 121 Å². The number of nitrogens with one attached hydrogen (secondary N) is 1. The van der Waals surface area contributed by atoms with Crippen LogP contribution >= 0.6 is 23.9 Å². The highest BCUT2D eigenvalue weighted by molar-refractivity contribution is 8.12. The van der Waals surface area contributed by atoms with Crippen LogP contribution in [0.4, 0.5) is 0 Å². The number of benzene rings is 1. The number of nitrogens with zero attached hydrogens (tertiary/aromatic N) is 1. The molecule has 0 aliphatic carbocycles. The van der Waals surface area contributed by atoms with Gasteiger partial charge in [-0.15, -0.1) is 0 Å². The molecule has 19 heavy (non-hydrogen) atoms. The molecule has 0 saturated carbocycles. The van der Waals surface area contributed by atoms with Gasteiger partial charge in [0.25, 0.3) is 0 Å². The minimum Gasteiger partial charge on any atom is -0.497 e. The molecule has 2 aromatic rings. The third-order valence-electron chi connectivity index (χ3n) is 2.85. The van der Waals surface area contributed by atoms with Crippen LogP contribution in [-0.4, -0.2) is 34.2 Å². The number of rotatable bonds is 5. The fourth-order valence-corrected chi connectivity index (χ4v) is 3.07. The first kappa shape index (κ1) is 14.1. The van der Waals surface area contributed by atoms with Gasteiger partial charge in [-0.05, 0) is 47.7 Å². The Hall–Kier alpha value is -1.27. The summed E-state index contributed by atoms with van der Waals surface area (Å²) >= 11 is 2.85. The van der Waals surface area contributed by atoms with Crippen LogP contribution in [0.15, 0.2) is 24.4 Å². The molecule has 0 atom stereocenters. The van der Waals surface area contributed by atoms with Gasteiger partial charge < -0.3 is 9.72 Å². The number of carbonyl (C=O) groups excluding carboxylic acids is 1. The second-order valence-corrected chi connectivity index (χ2v) is 5.61.